The lowest BCUT2D eigenvalue weighted by Crippen LogP contribution is -2.46. The van der Waals surface area contributed by atoms with E-state index >= 15 is 0 Å². The molecule has 0 aliphatic rings. The second-order valence-corrected chi connectivity index (χ2v) is 11.9. The molecule has 0 spiro atoms. The number of hydrogen-bond donors (Lipinski definition) is 2. The van der Waals surface area contributed by atoms with Crippen molar-refractivity contribution in [3.63, 3.8) is 0 Å². The van der Waals surface area contributed by atoms with Crippen molar-refractivity contribution in [1.29, 1.82) is 0 Å². The molecule has 0 radical (unpaired) electrons. The van der Waals surface area contributed by atoms with E-state index in [0.29, 0.717) is 22.5 Å². The molecule has 6 heteroatoms. The number of benzene rings is 4. The van der Waals surface area contributed by atoms with Gasteiger partial charge in [0.2, 0.25) is 0 Å². The Hall–Kier alpha value is -4.00. The molecule has 0 heterocycles. The molecular formula is C38H50N4O2+2. The van der Waals surface area contributed by atoms with Crippen LogP contribution in [0.15, 0.2) is 82.8 Å². The van der Waals surface area contributed by atoms with Crippen LogP contribution < -0.4 is 0 Å². The summed E-state index contributed by atoms with van der Waals surface area (Å²) >= 11 is 0. The molecule has 0 aliphatic carbocycles. The lowest BCUT2D eigenvalue weighted by atomic mass is 10.1. The number of fused-ring (bicyclic) bond motifs is 1. The number of aromatic hydroxyl groups is 2. The summed E-state index contributed by atoms with van der Waals surface area (Å²) < 4.78 is 1.99. The average Bonchev–Trinajstić information content (AvgIpc) is 3.06. The molecule has 6 nitrogen and oxygen atoms in total. The highest BCUT2D eigenvalue weighted by molar-refractivity contribution is 5.95. The molecule has 4 aromatic rings. The summed E-state index contributed by atoms with van der Waals surface area (Å²) in [6, 6.07) is 23.8. The quantitative estimate of drug-likeness (QED) is 0.114. The van der Waals surface area contributed by atoms with Gasteiger partial charge in [-0.25, -0.2) is 0 Å². The van der Waals surface area contributed by atoms with Gasteiger partial charge >= 0.3 is 0 Å². The summed E-state index contributed by atoms with van der Waals surface area (Å²) in [5.74, 6) is 0.404. The largest absolute Gasteiger partial charge is 0.507 e. The van der Waals surface area contributed by atoms with E-state index in [0.717, 1.165) is 72.1 Å². The first-order valence-corrected chi connectivity index (χ1v) is 16.2. The maximum atomic E-state index is 10.7. The molecule has 44 heavy (non-hydrogen) atoms. The van der Waals surface area contributed by atoms with Crippen molar-refractivity contribution < 1.29 is 19.2 Å². The Labute approximate surface area is 263 Å². The first kappa shape index (κ1) is 32.9. The molecule has 4 aromatic carbocycles. The number of aliphatic imine (C=N–C) groups is 2. The normalized spacial score (nSPS) is 12.6. The Balaban J connectivity index is 1.70. The number of phenolic OH excluding ortho intramolecular Hbond substituents is 2. The molecule has 0 bridgehead atoms. The molecule has 0 saturated heterocycles. The Morgan fingerprint density at radius 1 is 0.523 bits per heavy atom. The predicted octanol–water partition coefficient (Wildman–Crippen LogP) is 8.51. The van der Waals surface area contributed by atoms with E-state index in [4.69, 9.17) is 9.98 Å². The van der Waals surface area contributed by atoms with Crippen molar-refractivity contribution in [2.75, 3.05) is 39.3 Å². The number of phenols is 2. The maximum absolute atomic E-state index is 10.7. The number of rotatable bonds is 14. The molecule has 2 N–H and O–H groups in total. The fraction of sp³-hybridized carbons (Fsp3) is 0.368. The van der Waals surface area contributed by atoms with Crippen LogP contribution in [0.1, 0.15) is 63.8 Å². The van der Waals surface area contributed by atoms with Crippen molar-refractivity contribution in [3.05, 3.63) is 95.1 Å². The predicted molar refractivity (Wildman–Crippen MR) is 186 cm³/mol. The molecule has 0 saturated carbocycles. The highest BCUT2D eigenvalue weighted by atomic mass is 16.3. The van der Waals surface area contributed by atoms with Gasteiger partial charge in [0.05, 0.1) is 50.6 Å². The van der Waals surface area contributed by atoms with E-state index in [-0.39, 0.29) is 11.5 Å². The molecule has 0 unspecified atom stereocenters. The van der Waals surface area contributed by atoms with Crippen LogP contribution in [0.25, 0.3) is 10.8 Å². The average molecular weight is 595 g/mol. The maximum Gasteiger partial charge on any atom is 0.124 e. The first-order chi connectivity index (χ1) is 21.2. The van der Waals surface area contributed by atoms with Crippen LogP contribution in [0, 0.1) is 0 Å². The Bertz CT molecular complexity index is 1480. The van der Waals surface area contributed by atoms with Gasteiger partial charge in [-0.1, -0.05) is 24.3 Å². The summed E-state index contributed by atoms with van der Waals surface area (Å²) in [4.78, 5) is 9.70. The third-order valence-corrected chi connectivity index (χ3v) is 9.77. The molecule has 0 fully saturated rings. The molecule has 4 rings (SSSR count). The van der Waals surface area contributed by atoms with Gasteiger partial charge < -0.3 is 19.2 Å². The summed E-state index contributed by atoms with van der Waals surface area (Å²) in [5, 5.41) is 23.5. The Morgan fingerprint density at radius 3 is 1.23 bits per heavy atom. The van der Waals surface area contributed by atoms with Crippen LogP contribution in [0.4, 0.5) is 11.4 Å². The zero-order chi connectivity index (χ0) is 31.7. The van der Waals surface area contributed by atoms with Crippen LogP contribution in [0.5, 0.6) is 11.5 Å². The highest BCUT2D eigenvalue weighted by Crippen LogP contribution is 2.34. The lowest BCUT2D eigenvalue weighted by Gasteiger charge is -2.36. The van der Waals surface area contributed by atoms with Gasteiger partial charge in [0, 0.05) is 34.7 Å². The van der Waals surface area contributed by atoms with Crippen LogP contribution in [0.2, 0.25) is 0 Å². The standard InChI is InChI=1S/C38H48N4O2/c1-7-41(8-2,9-3)27-29-17-19-37(43)33(21-29)25-39-35-23-31-15-13-14-16-32(31)24-36(35)40-26-34-22-30(18-20-38(34)44)28-42(10-4,11-5)12-6/h13-26H,7-12,27-28H2,1-6H3/p+2. The molecule has 0 atom stereocenters. The summed E-state index contributed by atoms with van der Waals surface area (Å²) in [5.41, 5.74) is 5.11. The van der Waals surface area contributed by atoms with Gasteiger partial charge in [0.1, 0.15) is 24.6 Å². The third kappa shape index (κ3) is 7.55. The van der Waals surface area contributed by atoms with Crippen molar-refractivity contribution in [3.8, 4) is 11.5 Å². The number of hydrogen-bond acceptors (Lipinski definition) is 4. The van der Waals surface area contributed by atoms with E-state index in [1.165, 1.54) is 11.1 Å². The first-order valence-electron chi connectivity index (χ1n) is 16.2. The molecular weight excluding hydrogens is 544 g/mol. The lowest BCUT2D eigenvalue weighted by molar-refractivity contribution is -0.936. The van der Waals surface area contributed by atoms with Crippen molar-refractivity contribution in [2.24, 2.45) is 9.98 Å². The smallest absolute Gasteiger partial charge is 0.124 e. The SMILES string of the molecule is CC[N+](CC)(CC)Cc1ccc(O)c(C=Nc2cc3ccccc3cc2N=Cc2cc(C[N+](CC)(CC)CC)ccc2O)c1. The van der Waals surface area contributed by atoms with E-state index in [2.05, 4.69) is 53.7 Å². The molecule has 0 aromatic heterocycles. The Morgan fingerprint density at radius 2 is 0.886 bits per heavy atom. The van der Waals surface area contributed by atoms with Crippen molar-refractivity contribution in [2.45, 2.75) is 54.6 Å². The molecule has 0 amide bonds. The third-order valence-electron chi connectivity index (χ3n) is 9.77. The topological polar surface area (TPSA) is 65.2 Å². The van der Waals surface area contributed by atoms with E-state index in [9.17, 15) is 10.2 Å². The summed E-state index contributed by atoms with van der Waals surface area (Å²) in [6.45, 7) is 21.6. The van der Waals surface area contributed by atoms with Crippen LogP contribution in [0.3, 0.4) is 0 Å². The van der Waals surface area contributed by atoms with E-state index < -0.39 is 0 Å². The van der Waals surface area contributed by atoms with Crippen LogP contribution >= 0.6 is 0 Å². The minimum atomic E-state index is 0.202. The fourth-order valence-electron chi connectivity index (χ4n) is 6.10. The van der Waals surface area contributed by atoms with Gasteiger partial charge in [0.15, 0.2) is 0 Å². The van der Waals surface area contributed by atoms with Gasteiger partial charge in [0.25, 0.3) is 0 Å². The van der Waals surface area contributed by atoms with Crippen molar-refractivity contribution >= 4 is 34.6 Å². The molecule has 232 valence electrons. The van der Waals surface area contributed by atoms with Gasteiger partial charge in [-0.2, -0.15) is 0 Å². The summed E-state index contributed by atoms with van der Waals surface area (Å²) in [7, 11) is 0. The van der Waals surface area contributed by atoms with Gasteiger partial charge in [-0.3, -0.25) is 9.98 Å². The van der Waals surface area contributed by atoms with Crippen LogP contribution in [-0.4, -0.2) is 70.9 Å². The van der Waals surface area contributed by atoms with E-state index in [1.807, 2.05) is 48.5 Å². The van der Waals surface area contributed by atoms with Crippen LogP contribution in [-0.2, 0) is 13.1 Å². The summed E-state index contributed by atoms with van der Waals surface area (Å²) in [6.07, 6.45) is 3.46. The van der Waals surface area contributed by atoms with Gasteiger partial charge in [-0.15, -0.1) is 0 Å². The van der Waals surface area contributed by atoms with Gasteiger partial charge in [-0.05, 0) is 101 Å². The highest BCUT2D eigenvalue weighted by Gasteiger charge is 2.22. The minimum absolute atomic E-state index is 0.202. The second-order valence-electron chi connectivity index (χ2n) is 11.9. The zero-order valence-corrected chi connectivity index (χ0v) is 27.4. The monoisotopic (exact) mass is 594 g/mol. The zero-order valence-electron chi connectivity index (χ0n) is 27.4. The number of nitrogens with zero attached hydrogens (tertiary/aromatic N) is 4. The number of quaternary nitrogens is 2. The second kappa shape index (κ2) is 14.7. The van der Waals surface area contributed by atoms with Crippen molar-refractivity contribution in [1.82, 2.24) is 0 Å². The van der Waals surface area contributed by atoms with E-state index in [1.54, 1.807) is 24.6 Å². The fourth-order valence-corrected chi connectivity index (χ4v) is 6.10. The molecule has 0 aliphatic heterocycles. The minimum Gasteiger partial charge on any atom is -0.507 e. The Kier molecular flexibility index (Phi) is 11.0.